The lowest BCUT2D eigenvalue weighted by Crippen LogP contribution is -2.38. The van der Waals surface area contributed by atoms with Crippen molar-refractivity contribution >= 4 is 17.7 Å². The van der Waals surface area contributed by atoms with Gasteiger partial charge in [-0.05, 0) is 24.3 Å². The second-order valence-corrected chi connectivity index (χ2v) is 7.82. The van der Waals surface area contributed by atoms with E-state index in [2.05, 4.69) is 9.97 Å². The van der Waals surface area contributed by atoms with Crippen molar-refractivity contribution in [2.24, 2.45) is 0 Å². The maximum absolute atomic E-state index is 11.3. The number of carbonyl (C=O) groups is 1. The van der Waals surface area contributed by atoms with Gasteiger partial charge in [-0.15, -0.1) is 0 Å². The first-order valence-corrected chi connectivity index (χ1v) is 9.39. The molecule has 1 aromatic carbocycles. The number of hydrogen-bond donors (Lipinski definition) is 2. The third-order valence-corrected chi connectivity index (χ3v) is 5.01. The van der Waals surface area contributed by atoms with Crippen LogP contribution in [-0.2, 0) is 5.41 Å². The number of H-pyrrole nitrogens is 1. The molecule has 3 rings (SSSR count). The van der Waals surface area contributed by atoms with Crippen molar-refractivity contribution in [1.29, 1.82) is 0 Å². The Hall–Kier alpha value is -3.06. The minimum absolute atomic E-state index is 0.287. The summed E-state index contributed by atoms with van der Waals surface area (Å²) in [4.78, 5) is 24.9. The van der Waals surface area contributed by atoms with Crippen molar-refractivity contribution in [3.8, 4) is 28.3 Å². The highest BCUT2D eigenvalue weighted by molar-refractivity contribution is 6.32. The van der Waals surface area contributed by atoms with Crippen molar-refractivity contribution < 1.29 is 14.6 Å². The molecule has 0 atom stereocenters. The van der Waals surface area contributed by atoms with Gasteiger partial charge in [-0.2, -0.15) is 0 Å². The Morgan fingerprint density at radius 2 is 1.93 bits per heavy atom. The van der Waals surface area contributed by atoms with E-state index in [1.54, 1.807) is 32.6 Å². The van der Waals surface area contributed by atoms with Crippen LogP contribution in [0.15, 0.2) is 42.7 Å². The molecule has 29 heavy (non-hydrogen) atoms. The van der Waals surface area contributed by atoms with Crippen LogP contribution in [0.3, 0.4) is 0 Å². The third-order valence-electron chi connectivity index (χ3n) is 4.70. The fourth-order valence-corrected chi connectivity index (χ4v) is 3.37. The van der Waals surface area contributed by atoms with E-state index in [4.69, 9.17) is 21.3 Å². The molecule has 1 amide bonds. The minimum Gasteiger partial charge on any atom is -0.495 e. The highest BCUT2D eigenvalue weighted by atomic mass is 35.5. The van der Waals surface area contributed by atoms with Crippen LogP contribution in [0.4, 0.5) is 4.79 Å². The summed E-state index contributed by atoms with van der Waals surface area (Å²) in [5.41, 5.74) is 2.77. The summed E-state index contributed by atoms with van der Waals surface area (Å²) in [6, 6.07) is 9.27. The second kappa shape index (κ2) is 8.13. The average molecular weight is 415 g/mol. The summed E-state index contributed by atoms with van der Waals surface area (Å²) in [5.74, 6) is 1.24. The van der Waals surface area contributed by atoms with Gasteiger partial charge in [-0.3, -0.25) is 4.98 Å². The first-order valence-electron chi connectivity index (χ1n) is 9.02. The Morgan fingerprint density at radius 3 is 2.55 bits per heavy atom. The molecule has 0 fully saturated rings. The number of benzene rings is 1. The van der Waals surface area contributed by atoms with Crippen molar-refractivity contribution in [3.63, 3.8) is 0 Å². The number of amides is 1. The lowest BCUT2D eigenvalue weighted by atomic mass is 9.92. The van der Waals surface area contributed by atoms with Crippen LogP contribution in [0.2, 0.25) is 5.02 Å². The van der Waals surface area contributed by atoms with E-state index in [-0.39, 0.29) is 6.54 Å². The number of carboxylic acid groups (broad SMARTS) is 1. The summed E-state index contributed by atoms with van der Waals surface area (Å²) >= 11 is 6.18. The molecule has 7 nitrogen and oxygen atoms in total. The number of imidazole rings is 1. The standard InChI is InChI=1S/C21H23ClN4O3/c1-21(2,12-26(3)20(27)28)19-24-17(13-7-9-23-10-8-13)18(25-19)14-5-6-15(22)16(11-14)29-4/h5-11H,12H2,1-4H3,(H,24,25)(H,27,28). The maximum Gasteiger partial charge on any atom is 0.407 e. The molecule has 0 aliphatic carbocycles. The number of halogens is 1. The summed E-state index contributed by atoms with van der Waals surface area (Å²) in [7, 11) is 3.11. The van der Waals surface area contributed by atoms with Crippen LogP contribution >= 0.6 is 11.6 Å². The first kappa shape index (κ1) is 20.7. The number of aromatic amines is 1. The van der Waals surface area contributed by atoms with Crippen molar-refractivity contribution in [2.75, 3.05) is 20.7 Å². The molecule has 0 bridgehead atoms. The number of nitrogens with zero attached hydrogens (tertiary/aromatic N) is 3. The number of nitrogens with one attached hydrogen (secondary N) is 1. The molecular weight excluding hydrogens is 392 g/mol. The highest BCUT2D eigenvalue weighted by Gasteiger charge is 2.30. The molecule has 0 saturated heterocycles. The molecule has 0 saturated carbocycles. The van der Waals surface area contributed by atoms with E-state index in [9.17, 15) is 9.90 Å². The van der Waals surface area contributed by atoms with Crippen LogP contribution in [0.1, 0.15) is 19.7 Å². The Labute approximate surface area is 174 Å². The molecule has 0 aliphatic heterocycles. The maximum atomic E-state index is 11.3. The van der Waals surface area contributed by atoms with E-state index >= 15 is 0 Å². The molecule has 3 aromatic rings. The molecule has 0 spiro atoms. The van der Waals surface area contributed by atoms with Gasteiger partial charge >= 0.3 is 6.09 Å². The van der Waals surface area contributed by atoms with Crippen LogP contribution in [-0.4, -0.2) is 51.8 Å². The summed E-state index contributed by atoms with van der Waals surface area (Å²) in [6.07, 6.45) is 2.44. The van der Waals surface area contributed by atoms with E-state index < -0.39 is 11.5 Å². The van der Waals surface area contributed by atoms with E-state index in [1.807, 2.05) is 38.1 Å². The lowest BCUT2D eigenvalue weighted by Gasteiger charge is -2.26. The molecule has 2 heterocycles. The van der Waals surface area contributed by atoms with Gasteiger partial charge in [0.1, 0.15) is 11.6 Å². The molecule has 2 N–H and O–H groups in total. The summed E-state index contributed by atoms with van der Waals surface area (Å²) < 4.78 is 5.35. The van der Waals surface area contributed by atoms with Crippen LogP contribution in [0.5, 0.6) is 5.75 Å². The quantitative estimate of drug-likeness (QED) is 0.610. The zero-order valence-electron chi connectivity index (χ0n) is 16.7. The predicted molar refractivity (Wildman–Crippen MR) is 112 cm³/mol. The van der Waals surface area contributed by atoms with Gasteiger partial charge in [0.05, 0.1) is 23.5 Å². The third kappa shape index (κ3) is 4.35. The largest absolute Gasteiger partial charge is 0.495 e. The number of likely N-dealkylation sites (N-methyl/N-ethyl adjacent to an activating group) is 1. The number of rotatable bonds is 6. The molecule has 0 unspecified atom stereocenters. The van der Waals surface area contributed by atoms with Crippen LogP contribution in [0.25, 0.3) is 22.5 Å². The highest BCUT2D eigenvalue weighted by Crippen LogP contribution is 2.36. The fraction of sp³-hybridized carbons (Fsp3) is 0.286. The summed E-state index contributed by atoms with van der Waals surface area (Å²) in [5, 5.41) is 9.77. The molecular formula is C21H23ClN4O3. The zero-order valence-corrected chi connectivity index (χ0v) is 17.5. The number of pyridine rings is 1. The molecule has 0 radical (unpaired) electrons. The SMILES string of the molecule is COc1cc(-c2nc(C(C)(C)CN(C)C(=O)O)[nH]c2-c2ccncc2)ccc1Cl. The average Bonchev–Trinajstić information content (AvgIpc) is 3.15. The Balaban J connectivity index is 2.13. The first-order chi connectivity index (χ1) is 13.7. The monoisotopic (exact) mass is 414 g/mol. The van der Waals surface area contributed by atoms with E-state index in [0.717, 1.165) is 22.5 Å². The number of methoxy groups -OCH3 is 1. The fourth-order valence-electron chi connectivity index (χ4n) is 3.17. The zero-order chi connectivity index (χ0) is 21.2. The molecule has 2 aromatic heterocycles. The van der Waals surface area contributed by atoms with Crippen molar-refractivity contribution in [2.45, 2.75) is 19.3 Å². The minimum atomic E-state index is -0.985. The Bertz CT molecular complexity index is 1020. The van der Waals surface area contributed by atoms with Gasteiger partial charge in [-0.1, -0.05) is 31.5 Å². The van der Waals surface area contributed by atoms with Gasteiger partial charge in [0.15, 0.2) is 0 Å². The van der Waals surface area contributed by atoms with Crippen LogP contribution in [0, 0.1) is 0 Å². The van der Waals surface area contributed by atoms with Gasteiger partial charge in [0.25, 0.3) is 0 Å². The lowest BCUT2D eigenvalue weighted by molar-refractivity contribution is 0.146. The summed E-state index contributed by atoms with van der Waals surface area (Å²) in [6.45, 7) is 4.19. The van der Waals surface area contributed by atoms with Gasteiger partial charge < -0.3 is 19.7 Å². The van der Waals surface area contributed by atoms with Crippen molar-refractivity contribution in [3.05, 3.63) is 53.6 Å². The second-order valence-electron chi connectivity index (χ2n) is 7.42. The normalized spacial score (nSPS) is 11.3. The molecule has 0 aliphatic rings. The van der Waals surface area contributed by atoms with Gasteiger partial charge in [-0.25, -0.2) is 9.78 Å². The number of aromatic nitrogens is 3. The van der Waals surface area contributed by atoms with Crippen molar-refractivity contribution in [1.82, 2.24) is 19.9 Å². The smallest absolute Gasteiger partial charge is 0.407 e. The van der Waals surface area contributed by atoms with Gasteiger partial charge in [0, 0.05) is 42.5 Å². The predicted octanol–water partition coefficient (Wildman–Crippen LogP) is 4.69. The number of ether oxygens (including phenoxy) is 1. The van der Waals surface area contributed by atoms with E-state index in [1.165, 1.54) is 4.90 Å². The Kier molecular flexibility index (Phi) is 5.79. The topological polar surface area (TPSA) is 91.3 Å². The van der Waals surface area contributed by atoms with Crippen LogP contribution < -0.4 is 4.74 Å². The molecule has 152 valence electrons. The Morgan fingerprint density at radius 1 is 1.24 bits per heavy atom. The number of hydrogen-bond acceptors (Lipinski definition) is 4. The molecule has 8 heteroatoms. The van der Waals surface area contributed by atoms with E-state index in [0.29, 0.717) is 16.6 Å². The van der Waals surface area contributed by atoms with Gasteiger partial charge in [0.2, 0.25) is 0 Å².